The number of hydrogen-bond acceptors (Lipinski definition) is 3. The van der Waals surface area contributed by atoms with E-state index >= 15 is 0 Å². The fourth-order valence-corrected chi connectivity index (χ4v) is 2.74. The average molecular weight is 239 g/mol. The molecule has 2 rings (SSSR count). The number of carboxylic acids is 1. The topological polar surface area (TPSA) is 40.5 Å². The molecule has 1 saturated heterocycles. The van der Waals surface area contributed by atoms with Crippen molar-refractivity contribution >= 4 is 40.0 Å². The van der Waals surface area contributed by atoms with Crippen LogP contribution >= 0.6 is 24.0 Å². The maximum Gasteiger partial charge on any atom is 0.337 e. The Hall–Kier alpha value is -1.07. The molecule has 1 aromatic carbocycles. The Bertz CT molecular complexity index is 420. The van der Waals surface area contributed by atoms with E-state index in [4.69, 9.17) is 17.3 Å². The quantitative estimate of drug-likeness (QED) is 0.801. The predicted octanol–water partition coefficient (Wildman–Crippen LogP) is 2.22. The fraction of sp³-hybridized carbons (Fsp3) is 0.200. The van der Waals surface area contributed by atoms with Gasteiger partial charge in [-0.1, -0.05) is 36.1 Å². The molecule has 1 aliphatic heterocycles. The molecule has 5 heteroatoms. The summed E-state index contributed by atoms with van der Waals surface area (Å²) in [4.78, 5) is 12.9. The van der Waals surface area contributed by atoms with Crippen molar-refractivity contribution in [2.75, 3.05) is 17.2 Å². The molecule has 0 bridgehead atoms. The Kier molecular flexibility index (Phi) is 2.93. The van der Waals surface area contributed by atoms with Gasteiger partial charge in [-0.05, 0) is 12.1 Å². The third kappa shape index (κ3) is 1.98. The maximum absolute atomic E-state index is 11.0. The van der Waals surface area contributed by atoms with E-state index in [0.717, 1.165) is 16.6 Å². The van der Waals surface area contributed by atoms with Crippen LogP contribution in [-0.4, -0.2) is 27.7 Å². The zero-order chi connectivity index (χ0) is 10.8. The molecule has 3 nitrogen and oxygen atoms in total. The standard InChI is InChI=1S/C10H9NO2S2/c12-9(13)7-3-1-2-4-8(7)11-5-6-15-10(11)14/h1-4H,5-6H2,(H,12,13). The molecule has 78 valence electrons. The molecule has 0 saturated carbocycles. The van der Waals surface area contributed by atoms with Crippen LogP contribution in [0.4, 0.5) is 5.69 Å². The van der Waals surface area contributed by atoms with Crippen LogP contribution in [0.3, 0.4) is 0 Å². The number of thiocarbonyl (C=S) groups is 1. The Morgan fingerprint density at radius 1 is 1.47 bits per heavy atom. The minimum absolute atomic E-state index is 0.308. The zero-order valence-electron chi connectivity index (χ0n) is 7.84. The Morgan fingerprint density at radius 2 is 2.20 bits per heavy atom. The number of carboxylic acid groups (broad SMARTS) is 1. The molecule has 0 amide bonds. The SMILES string of the molecule is O=C(O)c1ccccc1N1CCSC1=S. The van der Waals surface area contributed by atoms with Gasteiger partial charge in [0.2, 0.25) is 0 Å². The minimum Gasteiger partial charge on any atom is -0.478 e. The number of rotatable bonds is 2. The number of thioether (sulfide) groups is 1. The van der Waals surface area contributed by atoms with Gasteiger partial charge in [0.05, 0.1) is 11.3 Å². The summed E-state index contributed by atoms with van der Waals surface area (Å²) >= 11 is 6.75. The summed E-state index contributed by atoms with van der Waals surface area (Å²) in [6.07, 6.45) is 0. The van der Waals surface area contributed by atoms with Gasteiger partial charge < -0.3 is 10.0 Å². The van der Waals surface area contributed by atoms with Crippen LogP contribution in [0.15, 0.2) is 24.3 Å². The van der Waals surface area contributed by atoms with Gasteiger partial charge in [0.25, 0.3) is 0 Å². The van der Waals surface area contributed by atoms with E-state index in [1.807, 2.05) is 11.0 Å². The molecule has 1 N–H and O–H groups in total. The van der Waals surface area contributed by atoms with Gasteiger partial charge in [0.1, 0.15) is 4.32 Å². The predicted molar refractivity (Wildman–Crippen MR) is 65.8 cm³/mol. The molecule has 0 radical (unpaired) electrons. The molecule has 0 atom stereocenters. The first kappa shape index (κ1) is 10.4. The van der Waals surface area contributed by atoms with E-state index in [2.05, 4.69) is 0 Å². The highest BCUT2D eigenvalue weighted by Crippen LogP contribution is 2.28. The number of carbonyl (C=O) groups is 1. The van der Waals surface area contributed by atoms with Crippen molar-refractivity contribution in [3.05, 3.63) is 29.8 Å². The Balaban J connectivity index is 2.42. The van der Waals surface area contributed by atoms with Gasteiger partial charge in [-0.15, -0.1) is 0 Å². The third-order valence-corrected chi connectivity index (χ3v) is 3.61. The van der Waals surface area contributed by atoms with E-state index < -0.39 is 5.97 Å². The van der Waals surface area contributed by atoms with Crippen LogP contribution in [0.5, 0.6) is 0 Å². The molecular weight excluding hydrogens is 230 g/mol. The molecule has 15 heavy (non-hydrogen) atoms. The van der Waals surface area contributed by atoms with Gasteiger partial charge >= 0.3 is 5.97 Å². The van der Waals surface area contributed by atoms with Crippen molar-refractivity contribution in [1.29, 1.82) is 0 Å². The maximum atomic E-state index is 11.0. The highest BCUT2D eigenvalue weighted by molar-refractivity contribution is 8.23. The first-order chi connectivity index (χ1) is 7.20. The number of benzene rings is 1. The van der Waals surface area contributed by atoms with Crippen molar-refractivity contribution in [2.45, 2.75) is 0 Å². The van der Waals surface area contributed by atoms with Crippen molar-refractivity contribution in [3.8, 4) is 0 Å². The highest BCUT2D eigenvalue weighted by Gasteiger charge is 2.23. The summed E-state index contributed by atoms with van der Waals surface area (Å²) in [5.74, 6) is 0.0116. The second-order valence-electron chi connectivity index (χ2n) is 3.09. The van der Waals surface area contributed by atoms with Gasteiger partial charge in [-0.25, -0.2) is 4.79 Å². The van der Waals surface area contributed by atoms with Crippen molar-refractivity contribution in [2.24, 2.45) is 0 Å². The molecule has 0 aromatic heterocycles. The van der Waals surface area contributed by atoms with E-state index in [1.165, 1.54) is 0 Å². The van der Waals surface area contributed by atoms with Crippen molar-refractivity contribution in [1.82, 2.24) is 0 Å². The first-order valence-electron chi connectivity index (χ1n) is 4.47. The van der Waals surface area contributed by atoms with Gasteiger partial charge in [-0.3, -0.25) is 0 Å². The molecule has 0 spiro atoms. The molecular formula is C10H9NO2S2. The molecule has 1 heterocycles. The second kappa shape index (κ2) is 4.20. The van der Waals surface area contributed by atoms with Crippen molar-refractivity contribution < 1.29 is 9.90 Å². The number of anilines is 1. The molecule has 0 aliphatic carbocycles. The van der Waals surface area contributed by atoms with Crippen LogP contribution in [0.2, 0.25) is 0 Å². The van der Waals surface area contributed by atoms with Gasteiger partial charge in [0, 0.05) is 12.3 Å². The zero-order valence-corrected chi connectivity index (χ0v) is 9.48. The summed E-state index contributed by atoms with van der Waals surface area (Å²) < 4.78 is 0.753. The van der Waals surface area contributed by atoms with Gasteiger partial charge in [-0.2, -0.15) is 0 Å². The van der Waals surface area contributed by atoms with E-state index in [0.29, 0.717) is 11.3 Å². The number of para-hydroxylation sites is 1. The molecule has 0 unspecified atom stereocenters. The van der Waals surface area contributed by atoms with Crippen LogP contribution in [0.25, 0.3) is 0 Å². The smallest absolute Gasteiger partial charge is 0.337 e. The Labute approximate surface area is 97.1 Å². The number of hydrogen-bond donors (Lipinski definition) is 1. The summed E-state index contributed by atoms with van der Waals surface area (Å²) in [7, 11) is 0. The van der Waals surface area contributed by atoms with E-state index in [-0.39, 0.29) is 0 Å². The van der Waals surface area contributed by atoms with Crippen LogP contribution in [0, 0.1) is 0 Å². The number of aromatic carboxylic acids is 1. The van der Waals surface area contributed by atoms with Crippen LogP contribution < -0.4 is 4.90 Å². The minimum atomic E-state index is -0.912. The normalized spacial score (nSPS) is 15.7. The molecule has 1 aliphatic rings. The third-order valence-electron chi connectivity index (χ3n) is 2.19. The Morgan fingerprint density at radius 3 is 2.80 bits per heavy atom. The monoisotopic (exact) mass is 239 g/mol. The summed E-state index contributed by atoms with van der Waals surface area (Å²) in [6.45, 7) is 0.786. The number of nitrogens with zero attached hydrogens (tertiary/aromatic N) is 1. The van der Waals surface area contributed by atoms with Crippen LogP contribution in [0.1, 0.15) is 10.4 Å². The lowest BCUT2D eigenvalue weighted by molar-refractivity contribution is 0.0697. The molecule has 1 aromatic rings. The largest absolute Gasteiger partial charge is 0.478 e. The van der Waals surface area contributed by atoms with Crippen molar-refractivity contribution in [3.63, 3.8) is 0 Å². The summed E-state index contributed by atoms with van der Waals surface area (Å²) in [6, 6.07) is 6.94. The van der Waals surface area contributed by atoms with Gasteiger partial charge in [0.15, 0.2) is 0 Å². The lowest BCUT2D eigenvalue weighted by Gasteiger charge is -2.18. The first-order valence-corrected chi connectivity index (χ1v) is 5.86. The second-order valence-corrected chi connectivity index (χ2v) is 4.82. The average Bonchev–Trinajstić information content (AvgIpc) is 2.64. The molecule has 1 fully saturated rings. The highest BCUT2D eigenvalue weighted by atomic mass is 32.2. The van der Waals surface area contributed by atoms with E-state index in [1.54, 1.807) is 30.0 Å². The lowest BCUT2D eigenvalue weighted by Crippen LogP contribution is -2.24. The van der Waals surface area contributed by atoms with Crippen LogP contribution in [-0.2, 0) is 0 Å². The fourth-order valence-electron chi connectivity index (χ4n) is 1.50. The summed E-state index contributed by atoms with van der Waals surface area (Å²) in [5.41, 5.74) is 1.00. The lowest BCUT2D eigenvalue weighted by atomic mass is 10.1. The summed E-state index contributed by atoms with van der Waals surface area (Å²) in [5, 5.41) is 9.04. The van der Waals surface area contributed by atoms with E-state index in [9.17, 15) is 4.79 Å².